The van der Waals surface area contributed by atoms with E-state index in [9.17, 15) is 9.59 Å². The lowest BCUT2D eigenvalue weighted by Gasteiger charge is -2.02. The van der Waals surface area contributed by atoms with E-state index in [1.54, 1.807) is 18.2 Å². The van der Waals surface area contributed by atoms with Gasteiger partial charge in [-0.3, -0.25) is 4.57 Å². The second-order valence-corrected chi connectivity index (χ2v) is 3.26. The van der Waals surface area contributed by atoms with Crippen LogP contribution >= 0.6 is 11.6 Å². The van der Waals surface area contributed by atoms with Gasteiger partial charge in [0.1, 0.15) is 5.39 Å². The molecule has 0 saturated heterocycles. The van der Waals surface area contributed by atoms with E-state index in [2.05, 4.69) is 4.42 Å². The molecule has 1 aromatic heterocycles. The van der Waals surface area contributed by atoms with Crippen molar-refractivity contribution >= 4 is 22.5 Å². The van der Waals surface area contributed by atoms with Crippen LogP contribution in [-0.2, 0) is 7.05 Å². The van der Waals surface area contributed by atoms with E-state index in [0.29, 0.717) is 5.52 Å². The van der Waals surface area contributed by atoms with Crippen LogP contribution in [0.25, 0.3) is 10.9 Å². The molecule has 0 unspecified atom stereocenters. The van der Waals surface area contributed by atoms with Crippen molar-refractivity contribution in [2.45, 2.75) is 0 Å². The van der Waals surface area contributed by atoms with E-state index >= 15 is 0 Å². The molecule has 1 aromatic carbocycles. The van der Waals surface area contributed by atoms with Crippen LogP contribution < -0.4 is 11.4 Å². The molecule has 0 spiro atoms. The van der Waals surface area contributed by atoms with Gasteiger partial charge in [-0.05, 0) is 12.1 Å². The molecule has 0 atom stereocenters. The maximum atomic E-state index is 11.3. The van der Waals surface area contributed by atoms with E-state index in [1.807, 2.05) is 0 Å². The zero-order valence-electron chi connectivity index (χ0n) is 7.28. The first-order valence-corrected chi connectivity index (χ1v) is 4.27. The highest BCUT2D eigenvalue weighted by atomic mass is 35.5. The van der Waals surface area contributed by atoms with Crippen LogP contribution in [-0.4, -0.2) is 4.57 Å². The predicted octanol–water partition coefficient (Wildman–Crippen LogP) is 1.15. The Bertz CT molecular complexity index is 611. The van der Waals surface area contributed by atoms with Crippen LogP contribution in [0.4, 0.5) is 0 Å². The van der Waals surface area contributed by atoms with E-state index in [1.165, 1.54) is 11.6 Å². The quantitative estimate of drug-likeness (QED) is 0.657. The van der Waals surface area contributed by atoms with Gasteiger partial charge >= 0.3 is 11.4 Å². The molecule has 0 amide bonds. The van der Waals surface area contributed by atoms with Gasteiger partial charge in [-0.2, -0.15) is 0 Å². The lowest BCUT2D eigenvalue weighted by molar-refractivity contribution is 0.433. The van der Waals surface area contributed by atoms with Crippen LogP contribution in [0.2, 0.25) is 5.02 Å². The highest BCUT2D eigenvalue weighted by Gasteiger charge is 2.08. The van der Waals surface area contributed by atoms with E-state index < -0.39 is 11.4 Å². The molecule has 4 nitrogen and oxygen atoms in total. The predicted molar refractivity (Wildman–Crippen MR) is 52.7 cm³/mol. The lowest BCUT2D eigenvalue weighted by Crippen LogP contribution is -2.22. The van der Waals surface area contributed by atoms with Gasteiger partial charge in [0.2, 0.25) is 0 Å². The fourth-order valence-corrected chi connectivity index (χ4v) is 1.54. The molecule has 1 heterocycles. The molecular weight excluding hydrogens is 206 g/mol. The molecule has 0 aliphatic carbocycles. The van der Waals surface area contributed by atoms with Crippen molar-refractivity contribution in [1.82, 2.24) is 4.57 Å². The molecule has 5 heteroatoms. The second kappa shape index (κ2) is 2.99. The Morgan fingerprint density at radius 3 is 2.79 bits per heavy atom. The minimum Gasteiger partial charge on any atom is -0.372 e. The van der Waals surface area contributed by atoms with Gasteiger partial charge in [-0.15, -0.1) is 0 Å². The third-order valence-electron chi connectivity index (χ3n) is 2.01. The number of nitrogens with zero attached hydrogens (tertiary/aromatic N) is 1. The largest absolute Gasteiger partial charge is 0.422 e. The van der Waals surface area contributed by atoms with Crippen LogP contribution in [0.1, 0.15) is 0 Å². The lowest BCUT2D eigenvalue weighted by atomic mass is 10.2. The smallest absolute Gasteiger partial charge is 0.372 e. The fourth-order valence-electron chi connectivity index (χ4n) is 1.29. The summed E-state index contributed by atoms with van der Waals surface area (Å²) in [6.07, 6.45) is 0. The van der Waals surface area contributed by atoms with Crippen LogP contribution in [0.5, 0.6) is 0 Å². The highest BCUT2D eigenvalue weighted by Crippen LogP contribution is 2.17. The number of fused-ring (bicyclic) bond motifs is 1. The minimum atomic E-state index is -0.700. The first kappa shape index (κ1) is 9.02. The normalized spacial score (nSPS) is 10.7. The van der Waals surface area contributed by atoms with Crippen LogP contribution in [0, 0.1) is 0 Å². The van der Waals surface area contributed by atoms with Crippen LogP contribution in [0.15, 0.2) is 32.2 Å². The Kier molecular flexibility index (Phi) is 1.93. The maximum absolute atomic E-state index is 11.3. The summed E-state index contributed by atoms with van der Waals surface area (Å²) in [5, 5.41) is 0.517. The Labute approximate surface area is 83.3 Å². The topological polar surface area (TPSA) is 52.2 Å². The monoisotopic (exact) mass is 211 g/mol. The standard InChI is InChI=1S/C9H6ClNO3/c1-11-6-4-2-3-5(10)7(6)8(12)14-9(11)13/h2-4H,1H3. The molecular formula is C9H6ClNO3. The third kappa shape index (κ3) is 1.15. The summed E-state index contributed by atoms with van der Waals surface area (Å²) in [6.45, 7) is 0. The molecule has 2 rings (SSSR count). The zero-order valence-corrected chi connectivity index (χ0v) is 8.04. The molecule has 0 aliphatic rings. The average Bonchev–Trinajstić information content (AvgIpc) is 2.14. The Morgan fingerprint density at radius 2 is 2.07 bits per heavy atom. The van der Waals surface area contributed by atoms with Gasteiger partial charge in [0, 0.05) is 7.05 Å². The SMILES string of the molecule is Cn1c(=O)oc(=O)c2c(Cl)cccc21. The molecule has 0 aliphatic heterocycles. The zero-order chi connectivity index (χ0) is 10.3. The van der Waals surface area contributed by atoms with Crippen molar-refractivity contribution in [3.05, 3.63) is 44.2 Å². The van der Waals surface area contributed by atoms with Gasteiger partial charge in [0.15, 0.2) is 0 Å². The van der Waals surface area contributed by atoms with E-state index in [-0.39, 0.29) is 10.4 Å². The summed E-state index contributed by atoms with van der Waals surface area (Å²) >= 11 is 5.81. The molecule has 0 radical (unpaired) electrons. The van der Waals surface area contributed by atoms with Gasteiger partial charge in [0.25, 0.3) is 0 Å². The van der Waals surface area contributed by atoms with Crippen molar-refractivity contribution in [3.8, 4) is 0 Å². The average molecular weight is 212 g/mol. The summed E-state index contributed by atoms with van der Waals surface area (Å²) in [6, 6.07) is 4.88. The van der Waals surface area contributed by atoms with Crippen molar-refractivity contribution in [2.24, 2.45) is 7.05 Å². The summed E-state index contributed by atoms with van der Waals surface area (Å²) in [5.41, 5.74) is -0.229. The first-order valence-electron chi connectivity index (χ1n) is 3.89. The number of aromatic nitrogens is 1. The molecule has 72 valence electrons. The number of aryl methyl sites for hydroxylation is 1. The second-order valence-electron chi connectivity index (χ2n) is 2.85. The summed E-state index contributed by atoms with van der Waals surface area (Å²) in [7, 11) is 1.52. The van der Waals surface area contributed by atoms with Crippen molar-refractivity contribution in [1.29, 1.82) is 0 Å². The molecule has 14 heavy (non-hydrogen) atoms. The van der Waals surface area contributed by atoms with Crippen LogP contribution in [0.3, 0.4) is 0 Å². The highest BCUT2D eigenvalue weighted by molar-refractivity contribution is 6.35. The van der Waals surface area contributed by atoms with Crippen molar-refractivity contribution in [2.75, 3.05) is 0 Å². The summed E-state index contributed by atoms with van der Waals surface area (Å²) in [5.74, 6) is -0.690. The molecule has 0 fully saturated rings. The maximum Gasteiger partial charge on any atom is 0.422 e. The number of benzene rings is 1. The van der Waals surface area contributed by atoms with E-state index in [0.717, 1.165) is 0 Å². The van der Waals surface area contributed by atoms with Crippen molar-refractivity contribution < 1.29 is 4.42 Å². The van der Waals surface area contributed by atoms with Gasteiger partial charge in [-0.25, -0.2) is 9.59 Å². The number of rotatable bonds is 0. The molecule has 0 N–H and O–H groups in total. The Morgan fingerprint density at radius 1 is 1.36 bits per heavy atom. The van der Waals surface area contributed by atoms with Gasteiger partial charge in [0.05, 0.1) is 10.5 Å². The third-order valence-corrected chi connectivity index (χ3v) is 2.33. The molecule has 0 bridgehead atoms. The molecule has 2 aromatic rings. The Hall–Kier alpha value is -1.55. The summed E-state index contributed by atoms with van der Waals surface area (Å²) < 4.78 is 5.71. The summed E-state index contributed by atoms with van der Waals surface area (Å²) in [4.78, 5) is 22.4. The molecule has 0 saturated carbocycles. The number of hydrogen-bond acceptors (Lipinski definition) is 3. The Balaban J connectivity index is 3.18. The number of hydrogen-bond donors (Lipinski definition) is 0. The van der Waals surface area contributed by atoms with E-state index in [4.69, 9.17) is 11.6 Å². The first-order chi connectivity index (χ1) is 6.61. The van der Waals surface area contributed by atoms with Crippen molar-refractivity contribution in [3.63, 3.8) is 0 Å². The minimum absolute atomic E-state index is 0.233. The number of halogens is 1. The fraction of sp³-hybridized carbons (Fsp3) is 0.111. The van der Waals surface area contributed by atoms with Gasteiger partial charge < -0.3 is 4.42 Å². The van der Waals surface area contributed by atoms with Gasteiger partial charge in [-0.1, -0.05) is 17.7 Å².